The Morgan fingerprint density at radius 2 is 1.88 bits per heavy atom. The molecule has 5 heteroatoms. The first-order valence-corrected chi connectivity index (χ1v) is 8.40. The van der Waals surface area contributed by atoms with Gasteiger partial charge in [-0.25, -0.2) is 0 Å². The van der Waals surface area contributed by atoms with Crippen molar-refractivity contribution in [3.05, 3.63) is 42.0 Å². The number of rotatable bonds is 5. The van der Waals surface area contributed by atoms with Crippen LogP contribution in [0.1, 0.15) is 5.56 Å². The Morgan fingerprint density at radius 3 is 2.58 bits per heavy atom. The molecule has 128 valence electrons. The Bertz CT molecular complexity index is 711. The molecule has 0 bridgehead atoms. The van der Waals surface area contributed by atoms with Crippen LogP contribution in [0, 0.1) is 0 Å². The highest BCUT2D eigenvalue weighted by atomic mass is 16.5. The maximum absolute atomic E-state index is 12.4. The van der Waals surface area contributed by atoms with Crippen LogP contribution in [-0.2, 0) is 11.3 Å². The van der Waals surface area contributed by atoms with Gasteiger partial charge in [-0.15, -0.1) is 0 Å². The van der Waals surface area contributed by atoms with Crippen molar-refractivity contribution in [1.82, 2.24) is 15.1 Å². The molecule has 0 unspecified atom stereocenters. The smallest absolute Gasteiger partial charge is 0.236 e. The van der Waals surface area contributed by atoms with Gasteiger partial charge in [-0.3, -0.25) is 9.69 Å². The lowest BCUT2D eigenvalue weighted by Gasteiger charge is -2.29. The number of benzene rings is 2. The molecule has 0 radical (unpaired) electrons. The summed E-state index contributed by atoms with van der Waals surface area (Å²) < 4.78 is 5.45. The van der Waals surface area contributed by atoms with E-state index in [4.69, 9.17) is 4.74 Å². The summed E-state index contributed by atoms with van der Waals surface area (Å²) in [6, 6.07) is 12.3. The SMILES string of the molecule is COc1ccc(CN(C)CC(=O)N2CCNCC2)c2ccccc12. The number of methoxy groups -OCH3 is 1. The molecule has 1 N–H and O–H groups in total. The Labute approximate surface area is 143 Å². The van der Waals surface area contributed by atoms with Gasteiger partial charge in [-0.05, 0) is 24.1 Å². The van der Waals surface area contributed by atoms with Crippen molar-refractivity contribution in [3.63, 3.8) is 0 Å². The molecule has 2 aromatic rings. The lowest BCUT2D eigenvalue weighted by atomic mass is 10.0. The Hall–Kier alpha value is -2.11. The number of ether oxygens (including phenoxy) is 1. The normalized spacial score (nSPS) is 15.0. The minimum Gasteiger partial charge on any atom is -0.496 e. The second-order valence-corrected chi connectivity index (χ2v) is 6.28. The third-order valence-corrected chi connectivity index (χ3v) is 4.51. The molecule has 1 heterocycles. The molecule has 2 aromatic carbocycles. The second-order valence-electron chi connectivity index (χ2n) is 6.28. The van der Waals surface area contributed by atoms with Crippen molar-refractivity contribution in [2.75, 3.05) is 46.9 Å². The molecular weight excluding hydrogens is 302 g/mol. The van der Waals surface area contributed by atoms with E-state index < -0.39 is 0 Å². The van der Waals surface area contributed by atoms with Crippen LogP contribution in [0.4, 0.5) is 0 Å². The van der Waals surface area contributed by atoms with Crippen LogP contribution in [0.5, 0.6) is 5.75 Å². The third-order valence-electron chi connectivity index (χ3n) is 4.51. The molecule has 5 nitrogen and oxygen atoms in total. The Kier molecular flexibility index (Phi) is 5.33. The van der Waals surface area contributed by atoms with Gasteiger partial charge in [0, 0.05) is 38.1 Å². The maximum Gasteiger partial charge on any atom is 0.236 e. The van der Waals surface area contributed by atoms with Crippen molar-refractivity contribution in [3.8, 4) is 5.75 Å². The summed E-state index contributed by atoms with van der Waals surface area (Å²) in [7, 11) is 3.69. The first-order chi connectivity index (χ1) is 11.7. The molecule has 1 aliphatic heterocycles. The van der Waals surface area contributed by atoms with Crippen LogP contribution in [0.15, 0.2) is 36.4 Å². The largest absolute Gasteiger partial charge is 0.496 e. The molecule has 0 saturated carbocycles. The highest BCUT2D eigenvalue weighted by Crippen LogP contribution is 2.28. The van der Waals surface area contributed by atoms with Crippen LogP contribution < -0.4 is 10.1 Å². The van der Waals surface area contributed by atoms with Crippen molar-refractivity contribution in [1.29, 1.82) is 0 Å². The predicted octanol–water partition coefficient (Wildman–Crippen LogP) is 1.71. The number of nitrogens with one attached hydrogen (secondary N) is 1. The monoisotopic (exact) mass is 327 g/mol. The van der Waals surface area contributed by atoms with E-state index in [1.54, 1.807) is 7.11 Å². The molecule has 0 aliphatic carbocycles. The molecule has 1 fully saturated rings. The maximum atomic E-state index is 12.4. The highest BCUT2D eigenvalue weighted by Gasteiger charge is 2.18. The lowest BCUT2D eigenvalue weighted by molar-refractivity contribution is -0.132. The molecule has 1 aliphatic rings. The number of amides is 1. The molecular formula is C19H25N3O2. The average Bonchev–Trinajstić information content (AvgIpc) is 2.62. The molecule has 0 aromatic heterocycles. The van der Waals surface area contributed by atoms with E-state index in [-0.39, 0.29) is 5.91 Å². The fourth-order valence-electron chi connectivity index (χ4n) is 3.24. The van der Waals surface area contributed by atoms with Crippen LogP contribution in [0.3, 0.4) is 0 Å². The second kappa shape index (κ2) is 7.64. The first-order valence-electron chi connectivity index (χ1n) is 8.40. The predicted molar refractivity (Wildman–Crippen MR) is 96.3 cm³/mol. The number of fused-ring (bicyclic) bond motifs is 1. The van der Waals surface area contributed by atoms with E-state index in [0.29, 0.717) is 6.54 Å². The summed E-state index contributed by atoms with van der Waals surface area (Å²) in [5, 5.41) is 5.56. The molecule has 1 amide bonds. The van der Waals surface area contributed by atoms with Crippen molar-refractivity contribution in [2.24, 2.45) is 0 Å². The Morgan fingerprint density at radius 1 is 1.17 bits per heavy atom. The van der Waals surface area contributed by atoms with Gasteiger partial charge in [0.2, 0.25) is 5.91 Å². The van der Waals surface area contributed by atoms with E-state index in [2.05, 4.69) is 28.4 Å². The van der Waals surface area contributed by atoms with Gasteiger partial charge in [-0.1, -0.05) is 30.3 Å². The average molecular weight is 327 g/mol. The summed E-state index contributed by atoms with van der Waals surface area (Å²) in [5.74, 6) is 1.09. The van der Waals surface area contributed by atoms with E-state index in [9.17, 15) is 4.79 Å². The molecule has 3 rings (SSSR count). The van der Waals surface area contributed by atoms with E-state index in [1.807, 2.05) is 30.1 Å². The first kappa shape index (κ1) is 16.7. The summed E-state index contributed by atoms with van der Waals surface area (Å²) in [4.78, 5) is 16.4. The number of nitrogens with zero attached hydrogens (tertiary/aromatic N) is 2. The van der Waals surface area contributed by atoms with Gasteiger partial charge < -0.3 is 15.0 Å². The molecule has 1 saturated heterocycles. The fraction of sp³-hybridized carbons (Fsp3) is 0.421. The van der Waals surface area contributed by atoms with Gasteiger partial charge in [0.25, 0.3) is 0 Å². The zero-order valence-corrected chi connectivity index (χ0v) is 14.4. The summed E-state index contributed by atoms with van der Waals surface area (Å²) in [5.41, 5.74) is 1.21. The van der Waals surface area contributed by atoms with E-state index in [0.717, 1.165) is 43.9 Å². The van der Waals surface area contributed by atoms with Crippen LogP contribution >= 0.6 is 0 Å². The Balaban J connectivity index is 1.71. The highest BCUT2D eigenvalue weighted by molar-refractivity contribution is 5.91. The number of piperazine rings is 1. The third kappa shape index (κ3) is 3.68. The lowest BCUT2D eigenvalue weighted by Crippen LogP contribution is -2.49. The zero-order chi connectivity index (χ0) is 16.9. The number of carbonyl (C=O) groups excluding carboxylic acids is 1. The van der Waals surface area contributed by atoms with Gasteiger partial charge in [-0.2, -0.15) is 0 Å². The number of hydrogen-bond donors (Lipinski definition) is 1. The van der Waals surface area contributed by atoms with Crippen molar-refractivity contribution < 1.29 is 9.53 Å². The minimum atomic E-state index is 0.205. The standard InChI is InChI=1S/C19H25N3O2/c1-21(14-19(23)22-11-9-20-10-12-22)13-15-7-8-18(24-2)17-6-4-3-5-16(15)17/h3-8,20H,9-14H2,1-2H3. The summed E-state index contributed by atoms with van der Waals surface area (Å²) >= 11 is 0. The number of hydrogen-bond acceptors (Lipinski definition) is 4. The van der Waals surface area contributed by atoms with Crippen molar-refractivity contribution >= 4 is 16.7 Å². The van der Waals surface area contributed by atoms with Crippen LogP contribution in [0.2, 0.25) is 0 Å². The van der Waals surface area contributed by atoms with Crippen molar-refractivity contribution in [2.45, 2.75) is 6.54 Å². The van der Waals surface area contributed by atoms with E-state index >= 15 is 0 Å². The molecule has 24 heavy (non-hydrogen) atoms. The quantitative estimate of drug-likeness (QED) is 0.908. The van der Waals surface area contributed by atoms with Crippen LogP contribution in [-0.4, -0.2) is 62.6 Å². The zero-order valence-electron chi connectivity index (χ0n) is 14.4. The fourth-order valence-corrected chi connectivity index (χ4v) is 3.24. The van der Waals surface area contributed by atoms with E-state index in [1.165, 1.54) is 10.9 Å². The number of likely N-dealkylation sites (N-methyl/N-ethyl adjacent to an activating group) is 1. The van der Waals surface area contributed by atoms with Gasteiger partial charge >= 0.3 is 0 Å². The van der Waals surface area contributed by atoms with Gasteiger partial charge in [0.15, 0.2) is 0 Å². The minimum absolute atomic E-state index is 0.205. The van der Waals surface area contributed by atoms with Gasteiger partial charge in [0.05, 0.1) is 13.7 Å². The summed E-state index contributed by atoms with van der Waals surface area (Å²) in [6.07, 6.45) is 0. The molecule has 0 atom stereocenters. The molecule has 0 spiro atoms. The van der Waals surface area contributed by atoms with Gasteiger partial charge in [0.1, 0.15) is 5.75 Å². The van der Waals surface area contributed by atoms with Crippen LogP contribution in [0.25, 0.3) is 10.8 Å². The number of carbonyl (C=O) groups is 1. The summed E-state index contributed by atoms with van der Waals surface area (Å²) in [6.45, 7) is 4.57. The topological polar surface area (TPSA) is 44.8 Å².